The molecule has 0 saturated heterocycles. The van der Waals surface area contributed by atoms with Gasteiger partial charge in [0, 0.05) is 19.0 Å². The molecule has 11 heteroatoms. The van der Waals surface area contributed by atoms with Gasteiger partial charge < -0.3 is 15.4 Å². The zero-order valence-electron chi connectivity index (χ0n) is 13.8. The highest BCUT2D eigenvalue weighted by molar-refractivity contribution is 6.05. The molecule has 1 unspecified atom stereocenters. The molecule has 0 spiro atoms. The van der Waals surface area contributed by atoms with Gasteiger partial charge in [-0.1, -0.05) is 0 Å². The number of alkyl halides is 3. The van der Waals surface area contributed by atoms with E-state index in [-0.39, 0.29) is 17.4 Å². The first-order valence-corrected chi connectivity index (χ1v) is 7.72. The second-order valence-corrected chi connectivity index (χ2v) is 5.54. The topological polar surface area (TPSA) is 104 Å². The second kappa shape index (κ2) is 7.50. The molecule has 1 aromatic rings. The molecule has 27 heavy (non-hydrogen) atoms. The number of rotatable bonds is 4. The molecule has 2 aliphatic rings. The number of nitrogens with zero attached hydrogens (tertiary/aromatic N) is 3. The molecule has 2 heterocycles. The lowest BCUT2D eigenvalue weighted by molar-refractivity contribution is -0.274. The fourth-order valence-corrected chi connectivity index (χ4v) is 2.39. The van der Waals surface area contributed by atoms with Crippen LogP contribution in [-0.2, 0) is 4.79 Å². The zero-order chi connectivity index (χ0) is 19.4. The van der Waals surface area contributed by atoms with Gasteiger partial charge in [-0.05, 0) is 29.8 Å². The van der Waals surface area contributed by atoms with Gasteiger partial charge in [-0.15, -0.1) is 13.2 Å². The van der Waals surface area contributed by atoms with Crippen molar-refractivity contribution >= 4 is 24.1 Å². The molecule has 0 aromatic heterocycles. The van der Waals surface area contributed by atoms with Crippen LogP contribution < -0.4 is 26.2 Å². The van der Waals surface area contributed by atoms with Crippen LogP contribution in [0.3, 0.4) is 0 Å². The molecule has 4 N–H and O–H groups in total. The zero-order valence-corrected chi connectivity index (χ0v) is 13.8. The van der Waals surface area contributed by atoms with Crippen LogP contribution in [-0.4, -0.2) is 37.4 Å². The average molecular weight is 380 g/mol. The Hall–Kier alpha value is -3.34. The van der Waals surface area contributed by atoms with Gasteiger partial charge in [0.1, 0.15) is 11.4 Å². The van der Waals surface area contributed by atoms with Gasteiger partial charge in [-0.3, -0.25) is 9.79 Å². The van der Waals surface area contributed by atoms with Crippen LogP contribution in [0.25, 0.3) is 0 Å². The van der Waals surface area contributed by atoms with Crippen molar-refractivity contribution in [3.8, 4) is 5.75 Å². The van der Waals surface area contributed by atoms with Crippen molar-refractivity contribution in [3.05, 3.63) is 47.9 Å². The number of benzene rings is 1. The summed E-state index contributed by atoms with van der Waals surface area (Å²) in [5.41, 5.74) is 1.19. The maximum atomic E-state index is 12.6. The maximum absolute atomic E-state index is 12.6. The van der Waals surface area contributed by atoms with E-state index in [1.165, 1.54) is 18.3 Å². The lowest BCUT2D eigenvalue weighted by atomic mass is 10.1. The number of halogens is 3. The van der Waals surface area contributed by atoms with Crippen molar-refractivity contribution in [2.24, 2.45) is 15.8 Å². The largest absolute Gasteiger partial charge is 0.573 e. The quantitative estimate of drug-likeness (QED) is 0.414. The van der Waals surface area contributed by atoms with Crippen molar-refractivity contribution in [1.29, 1.82) is 0 Å². The van der Waals surface area contributed by atoms with Gasteiger partial charge in [0.05, 0.1) is 24.3 Å². The average Bonchev–Trinajstić information content (AvgIpc) is 2.67. The molecule has 0 fully saturated rings. The molecular weight excluding hydrogens is 365 g/mol. The van der Waals surface area contributed by atoms with Gasteiger partial charge in [0.15, 0.2) is 0 Å². The smallest absolute Gasteiger partial charge is 0.406 e. The second-order valence-electron chi connectivity index (χ2n) is 5.54. The minimum Gasteiger partial charge on any atom is -0.406 e. The minimum absolute atomic E-state index is 0.135. The summed E-state index contributed by atoms with van der Waals surface area (Å²) in [6.07, 6.45) is 1.36. The predicted molar refractivity (Wildman–Crippen MR) is 92.9 cm³/mol. The van der Waals surface area contributed by atoms with E-state index in [2.05, 4.69) is 25.4 Å². The number of nitrogens with two attached hydrogens (primary N) is 1. The van der Waals surface area contributed by atoms with Crippen molar-refractivity contribution in [2.75, 3.05) is 11.6 Å². The van der Waals surface area contributed by atoms with E-state index >= 15 is 0 Å². The third kappa shape index (κ3) is 4.64. The Balaban J connectivity index is 1.68. The van der Waals surface area contributed by atoms with Gasteiger partial charge >= 0.3 is 6.36 Å². The summed E-state index contributed by atoms with van der Waals surface area (Å²) >= 11 is 0. The van der Waals surface area contributed by atoms with Gasteiger partial charge in [0.2, 0.25) is 0 Å². The molecule has 142 valence electrons. The van der Waals surface area contributed by atoms with Crippen molar-refractivity contribution in [1.82, 2.24) is 10.6 Å². The number of hydrogen-bond donors (Lipinski definition) is 3. The van der Waals surface area contributed by atoms with Crippen LogP contribution in [0, 0.1) is 0 Å². The van der Waals surface area contributed by atoms with Crippen molar-refractivity contribution in [3.63, 3.8) is 0 Å². The van der Waals surface area contributed by atoms with E-state index in [9.17, 15) is 18.0 Å². The highest BCUT2D eigenvalue weighted by Crippen LogP contribution is 2.25. The van der Waals surface area contributed by atoms with Crippen LogP contribution in [0.2, 0.25) is 0 Å². The molecule has 0 aliphatic carbocycles. The first kappa shape index (κ1) is 18.5. The van der Waals surface area contributed by atoms with Gasteiger partial charge in [-0.25, -0.2) is 15.8 Å². The molecule has 0 bridgehead atoms. The van der Waals surface area contributed by atoms with E-state index in [0.29, 0.717) is 6.54 Å². The van der Waals surface area contributed by atoms with Crippen LogP contribution in [0.15, 0.2) is 57.9 Å². The molecule has 2 aliphatic heterocycles. The Morgan fingerprint density at radius 3 is 2.59 bits per heavy atom. The number of hydrogen-bond acceptors (Lipinski definition) is 7. The molecule has 0 radical (unpaired) electrons. The molecule has 1 amide bonds. The first-order chi connectivity index (χ1) is 12.8. The summed E-state index contributed by atoms with van der Waals surface area (Å²) in [5.74, 6) is 4.79. The Bertz CT molecular complexity index is 830. The van der Waals surface area contributed by atoms with Crippen LogP contribution >= 0.6 is 0 Å². The Kier molecular flexibility index (Phi) is 5.12. The van der Waals surface area contributed by atoms with Crippen molar-refractivity contribution < 1.29 is 22.7 Å². The maximum Gasteiger partial charge on any atom is 0.573 e. The number of aliphatic imine (C=N–C) groups is 2. The molecule has 3 rings (SSSR count). The number of anilines is 1. The van der Waals surface area contributed by atoms with E-state index in [4.69, 9.17) is 5.84 Å². The summed E-state index contributed by atoms with van der Waals surface area (Å²) in [6.45, 7) is 0.543. The van der Waals surface area contributed by atoms with Gasteiger partial charge in [0.25, 0.3) is 5.91 Å². The van der Waals surface area contributed by atoms with E-state index in [1.54, 1.807) is 18.8 Å². The number of hydrazine groups is 1. The summed E-state index contributed by atoms with van der Waals surface area (Å²) in [5, 5.41) is 6.76. The third-order valence-corrected chi connectivity index (χ3v) is 3.66. The van der Waals surface area contributed by atoms with Gasteiger partial charge in [-0.2, -0.15) is 0 Å². The van der Waals surface area contributed by atoms with Crippen LogP contribution in [0.5, 0.6) is 5.75 Å². The fraction of sp³-hybridized carbons (Fsp3) is 0.188. The summed E-state index contributed by atoms with van der Waals surface area (Å²) in [4.78, 5) is 20.6. The summed E-state index contributed by atoms with van der Waals surface area (Å²) in [7, 11) is 0. The monoisotopic (exact) mass is 380 g/mol. The predicted octanol–water partition coefficient (Wildman–Crippen LogP) is 1.19. The van der Waals surface area contributed by atoms with E-state index < -0.39 is 18.0 Å². The summed E-state index contributed by atoms with van der Waals surface area (Å²) < 4.78 is 40.4. The lowest BCUT2D eigenvalue weighted by Crippen LogP contribution is -2.46. The molecule has 1 aromatic carbocycles. The molecule has 8 nitrogen and oxygen atoms in total. The molecular formula is C16H15F3N6O2. The lowest BCUT2D eigenvalue weighted by Gasteiger charge is -2.26. The number of amides is 1. The number of carbonyl (C=O) groups is 1. The SMILES string of the molecule is NN(C(=O)C1=CN=CC(C2=CN=CNC2)N1)c1ccc(OC(F)(F)F)cc1. The van der Waals surface area contributed by atoms with Crippen molar-refractivity contribution in [2.45, 2.75) is 12.4 Å². The van der Waals surface area contributed by atoms with Crippen LogP contribution in [0.4, 0.5) is 18.9 Å². The number of ether oxygens (including phenoxy) is 1. The molecule has 1 atom stereocenters. The Labute approximate surface area is 151 Å². The third-order valence-electron chi connectivity index (χ3n) is 3.66. The highest BCUT2D eigenvalue weighted by atomic mass is 19.4. The Morgan fingerprint density at radius 1 is 1.22 bits per heavy atom. The number of carbonyl (C=O) groups excluding carboxylic acids is 1. The normalized spacial score (nSPS) is 18.7. The number of nitrogens with one attached hydrogen (secondary N) is 2. The standard InChI is InChI=1S/C16H15F3N6O2/c17-16(18,19)27-12-3-1-11(2-4-12)25(20)15(26)14-8-21-7-13(24-14)10-5-22-9-23-6-10/h1-5,7-9,13,24H,6,20H2,(H,22,23). The van der Waals surface area contributed by atoms with E-state index in [1.807, 2.05) is 0 Å². The summed E-state index contributed by atoms with van der Waals surface area (Å²) in [6, 6.07) is 4.28. The Morgan fingerprint density at radius 2 is 1.96 bits per heavy atom. The highest BCUT2D eigenvalue weighted by Gasteiger charge is 2.31. The van der Waals surface area contributed by atoms with E-state index in [0.717, 1.165) is 22.7 Å². The van der Waals surface area contributed by atoms with Crippen LogP contribution in [0.1, 0.15) is 0 Å². The fourth-order valence-electron chi connectivity index (χ4n) is 2.39. The molecule has 0 saturated carbocycles. The first-order valence-electron chi connectivity index (χ1n) is 7.72. The minimum atomic E-state index is -4.80.